The number of nitrogens with one attached hydrogen (secondary N) is 1. The maximum Gasteiger partial charge on any atom is 0.319 e. The maximum absolute atomic E-state index is 13.1. The minimum Gasteiger partial charge on any atom is -0.465 e. The summed E-state index contributed by atoms with van der Waals surface area (Å²) in [4.78, 5) is 10.9. The van der Waals surface area contributed by atoms with Crippen molar-refractivity contribution in [1.82, 2.24) is 5.32 Å². The van der Waals surface area contributed by atoms with Gasteiger partial charge in [-0.05, 0) is 13.0 Å². The third kappa shape index (κ3) is 3.94. The van der Waals surface area contributed by atoms with Gasteiger partial charge in [0.15, 0.2) is 0 Å². The second kappa shape index (κ2) is 6.17. The predicted molar refractivity (Wildman–Crippen MR) is 54.7 cm³/mol. The van der Waals surface area contributed by atoms with Gasteiger partial charge >= 0.3 is 5.97 Å². The molecule has 0 aliphatic heterocycles. The van der Waals surface area contributed by atoms with Gasteiger partial charge in [-0.25, -0.2) is 8.78 Å². The number of hydrogen-bond donors (Lipinski definition) is 1. The predicted octanol–water partition coefficient (Wildman–Crippen LogP) is 1.62. The number of rotatable bonds is 5. The van der Waals surface area contributed by atoms with Crippen LogP contribution in [0.3, 0.4) is 0 Å². The Hall–Kier alpha value is -1.49. The average molecular weight is 229 g/mol. The summed E-state index contributed by atoms with van der Waals surface area (Å²) in [6, 6.07) is 3.31. The van der Waals surface area contributed by atoms with Crippen LogP contribution in [0, 0.1) is 11.6 Å². The number of hydrogen-bond acceptors (Lipinski definition) is 3. The van der Waals surface area contributed by atoms with Crippen molar-refractivity contribution < 1.29 is 18.3 Å². The van der Waals surface area contributed by atoms with Gasteiger partial charge in [-0.1, -0.05) is 6.07 Å². The molecule has 1 aromatic rings. The van der Waals surface area contributed by atoms with Gasteiger partial charge in [-0.15, -0.1) is 0 Å². The molecule has 0 atom stereocenters. The monoisotopic (exact) mass is 229 g/mol. The van der Waals surface area contributed by atoms with Crippen LogP contribution in [-0.4, -0.2) is 19.1 Å². The summed E-state index contributed by atoms with van der Waals surface area (Å²) in [5.74, 6) is -1.65. The molecule has 0 saturated carbocycles. The number of ether oxygens (including phenoxy) is 1. The molecular weight excluding hydrogens is 216 g/mol. The number of carbonyl (C=O) groups excluding carboxylic acids is 1. The van der Waals surface area contributed by atoms with Gasteiger partial charge in [0.05, 0.1) is 13.2 Å². The molecule has 0 radical (unpaired) electrons. The zero-order valence-electron chi connectivity index (χ0n) is 8.93. The van der Waals surface area contributed by atoms with Crippen LogP contribution in [0.25, 0.3) is 0 Å². The molecule has 1 rings (SSSR count). The lowest BCUT2D eigenvalue weighted by Crippen LogP contribution is -2.24. The van der Waals surface area contributed by atoms with E-state index in [2.05, 4.69) is 10.1 Å². The minimum absolute atomic E-state index is 0.00462. The number of halogens is 2. The minimum atomic E-state index is -0.628. The quantitative estimate of drug-likeness (QED) is 0.780. The van der Waals surface area contributed by atoms with E-state index in [1.54, 1.807) is 6.92 Å². The standard InChI is InChI=1S/C11H13F2NO2/c1-2-16-11(15)7-14-6-8-3-4-9(12)5-10(8)13/h3-5,14H,2,6-7H2,1H3. The first-order valence-corrected chi connectivity index (χ1v) is 4.93. The van der Waals surface area contributed by atoms with Crippen LogP contribution in [0.2, 0.25) is 0 Å². The van der Waals surface area contributed by atoms with E-state index in [1.807, 2.05) is 0 Å². The molecule has 16 heavy (non-hydrogen) atoms. The van der Waals surface area contributed by atoms with E-state index in [0.717, 1.165) is 6.07 Å². The molecular formula is C11H13F2NO2. The SMILES string of the molecule is CCOC(=O)CNCc1ccc(F)cc1F. The lowest BCUT2D eigenvalue weighted by atomic mass is 10.2. The summed E-state index contributed by atoms with van der Waals surface area (Å²) in [7, 11) is 0. The van der Waals surface area contributed by atoms with Crippen LogP contribution in [-0.2, 0) is 16.1 Å². The van der Waals surface area contributed by atoms with Crippen LogP contribution in [0.1, 0.15) is 12.5 Å². The molecule has 0 amide bonds. The molecule has 0 heterocycles. The first kappa shape index (κ1) is 12.6. The van der Waals surface area contributed by atoms with E-state index in [1.165, 1.54) is 12.1 Å². The molecule has 0 saturated heterocycles. The van der Waals surface area contributed by atoms with Gasteiger partial charge in [0.1, 0.15) is 11.6 Å². The summed E-state index contributed by atoms with van der Waals surface area (Å²) in [6.07, 6.45) is 0. The van der Waals surface area contributed by atoms with Crippen molar-refractivity contribution in [1.29, 1.82) is 0 Å². The molecule has 0 spiro atoms. The third-order valence-electron chi connectivity index (χ3n) is 1.91. The topological polar surface area (TPSA) is 38.3 Å². The normalized spacial score (nSPS) is 10.2. The Morgan fingerprint density at radius 1 is 1.44 bits per heavy atom. The van der Waals surface area contributed by atoms with Gasteiger partial charge in [-0.3, -0.25) is 4.79 Å². The summed E-state index contributed by atoms with van der Waals surface area (Å²) < 4.78 is 30.4. The molecule has 0 fully saturated rings. The highest BCUT2D eigenvalue weighted by Crippen LogP contribution is 2.08. The van der Waals surface area contributed by atoms with E-state index < -0.39 is 17.6 Å². The second-order valence-corrected chi connectivity index (χ2v) is 3.14. The highest BCUT2D eigenvalue weighted by Gasteiger charge is 2.05. The van der Waals surface area contributed by atoms with Crippen LogP contribution in [0.15, 0.2) is 18.2 Å². The van der Waals surface area contributed by atoms with Crippen LogP contribution < -0.4 is 5.32 Å². The molecule has 88 valence electrons. The van der Waals surface area contributed by atoms with E-state index in [0.29, 0.717) is 12.2 Å². The van der Waals surface area contributed by atoms with Gasteiger partial charge in [0, 0.05) is 18.2 Å². The van der Waals surface area contributed by atoms with Crippen molar-refractivity contribution >= 4 is 5.97 Å². The molecule has 3 nitrogen and oxygen atoms in total. The van der Waals surface area contributed by atoms with Gasteiger partial charge in [0.25, 0.3) is 0 Å². The maximum atomic E-state index is 13.1. The third-order valence-corrected chi connectivity index (χ3v) is 1.91. The number of esters is 1. The first-order chi connectivity index (χ1) is 7.63. The lowest BCUT2D eigenvalue weighted by molar-refractivity contribution is -0.142. The number of benzene rings is 1. The number of carbonyl (C=O) groups is 1. The molecule has 0 unspecified atom stereocenters. The van der Waals surface area contributed by atoms with Crippen molar-refractivity contribution in [3.05, 3.63) is 35.4 Å². The molecule has 5 heteroatoms. The van der Waals surface area contributed by atoms with E-state index >= 15 is 0 Å². The molecule has 0 aliphatic rings. The summed E-state index contributed by atoms with van der Waals surface area (Å²) in [5.41, 5.74) is 0.311. The molecule has 0 bridgehead atoms. The molecule has 0 aromatic heterocycles. The Labute approximate surface area is 92.4 Å². The fraction of sp³-hybridized carbons (Fsp3) is 0.364. The van der Waals surface area contributed by atoms with Gasteiger partial charge < -0.3 is 10.1 Å². The Morgan fingerprint density at radius 3 is 2.81 bits per heavy atom. The second-order valence-electron chi connectivity index (χ2n) is 3.14. The largest absolute Gasteiger partial charge is 0.465 e. The Balaban J connectivity index is 2.40. The highest BCUT2D eigenvalue weighted by molar-refractivity contribution is 5.71. The van der Waals surface area contributed by atoms with Gasteiger partial charge in [-0.2, -0.15) is 0 Å². The zero-order valence-corrected chi connectivity index (χ0v) is 8.93. The fourth-order valence-electron chi connectivity index (χ4n) is 1.18. The average Bonchev–Trinajstić information content (AvgIpc) is 2.22. The smallest absolute Gasteiger partial charge is 0.319 e. The summed E-state index contributed by atoms with van der Waals surface area (Å²) in [5, 5.41) is 2.71. The van der Waals surface area contributed by atoms with Crippen molar-refractivity contribution in [3.63, 3.8) is 0 Å². The fourth-order valence-corrected chi connectivity index (χ4v) is 1.18. The van der Waals surface area contributed by atoms with Crippen molar-refractivity contribution in [2.75, 3.05) is 13.2 Å². The summed E-state index contributed by atoms with van der Waals surface area (Å²) in [6.45, 7) is 2.18. The van der Waals surface area contributed by atoms with Crippen LogP contribution >= 0.6 is 0 Å². The van der Waals surface area contributed by atoms with E-state index in [4.69, 9.17) is 0 Å². The Bertz CT molecular complexity index is 369. The van der Waals surface area contributed by atoms with Crippen LogP contribution in [0.5, 0.6) is 0 Å². The van der Waals surface area contributed by atoms with E-state index in [9.17, 15) is 13.6 Å². The first-order valence-electron chi connectivity index (χ1n) is 4.93. The van der Waals surface area contributed by atoms with E-state index in [-0.39, 0.29) is 13.1 Å². The molecule has 0 aliphatic carbocycles. The molecule has 1 aromatic carbocycles. The van der Waals surface area contributed by atoms with Crippen molar-refractivity contribution in [3.8, 4) is 0 Å². The van der Waals surface area contributed by atoms with Gasteiger partial charge in [0.2, 0.25) is 0 Å². The zero-order chi connectivity index (χ0) is 12.0. The van der Waals surface area contributed by atoms with Crippen LogP contribution in [0.4, 0.5) is 8.78 Å². The lowest BCUT2D eigenvalue weighted by Gasteiger charge is -2.05. The Morgan fingerprint density at radius 2 is 2.19 bits per heavy atom. The van der Waals surface area contributed by atoms with Crippen molar-refractivity contribution in [2.45, 2.75) is 13.5 Å². The highest BCUT2D eigenvalue weighted by atomic mass is 19.1. The Kier molecular flexibility index (Phi) is 4.85. The summed E-state index contributed by atoms with van der Waals surface area (Å²) >= 11 is 0. The molecule has 1 N–H and O–H groups in total. The van der Waals surface area contributed by atoms with Crippen molar-refractivity contribution in [2.24, 2.45) is 0 Å².